The largest absolute Gasteiger partial charge is 0.362 e. The summed E-state index contributed by atoms with van der Waals surface area (Å²) >= 11 is 1.35. The molecule has 0 saturated heterocycles. The van der Waals surface area contributed by atoms with Crippen LogP contribution in [-0.2, 0) is 6.54 Å². The number of nitrogens with zero attached hydrogens (tertiary/aromatic N) is 2. The molecule has 0 atom stereocenters. The predicted octanol–water partition coefficient (Wildman–Crippen LogP) is 1.90. The van der Waals surface area contributed by atoms with E-state index in [1.165, 1.54) is 11.3 Å². The molecule has 0 aliphatic carbocycles. The minimum Gasteiger partial charge on any atom is -0.362 e. The van der Waals surface area contributed by atoms with Crippen LogP contribution in [0.4, 0.5) is 5.13 Å². The molecule has 2 aromatic heterocycles. The third-order valence-electron chi connectivity index (χ3n) is 2.23. The lowest BCUT2D eigenvalue weighted by atomic mass is 10.3. The Labute approximate surface area is 109 Å². The van der Waals surface area contributed by atoms with E-state index in [1.807, 2.05) is 19.1 Å². The summed E-state index contributed by atoms with van der Waals surface area (Å²) in [6.45, 7) is 3.26. The monoisotopic (exact) mass is 262 g/mol. The van der Waals surface area contributed by atoms with Crippen LogP contribution in [0, 0.1) is 0 Å². The van der Waals surface area contributed by atoms with E-state index in [0.29, 0.717) is 11.4 Å². The molecule has 1 amide bonds. The second kappa shape index (κ2) is 6.11. The Bertz CT molecular complexity index is 512. The van der Waals surface area contributed by atoms with Crippen LogP contribution in [0.3, 0.4) is 0 Å². The van der Waals surface area contributed by atoms with Gasteiger partial charge in [-0.25, -0.2) is 4.98 Å². The van der Waals surface area contributed by atoms with E-state index in [-0.39, 0.29) is 5.91 Å². The maximum Gasteiger partial charge on any atom is 0.263 e. The fourth-order valence-corrected chi connectivity index (χ4v) is 2.18. The normalized spacial score (nSPS) is 10.1. The van der Waals surface area contributed by atoms with Crippen LogP contribution in [0.2, 0.25) is 0 Å². The first-order chi connectivity index (χ1) is 8.79. The number of carbonyl (C=O) groups excluding carboxylic acids is 1. The van der Waals surface area contributed by atoms with Crippen LogP contribution in [0.5, 0.6) is 0 Å². The number of thiazole rings is 1. The zero-order valence-electron chi connectivity index (χ0n) is 10.0. The van der Waals surface area contributed by atoms with Crippen molar-refractivity contribution >= 4 is 22.4 Å². The lowest BCUT2D eigenvalue weighted by Crippen LogP contribution is -2.21. The van der Waals surface area contributed by atoms with Gasteiger partial charge in [0.1, 0.15) is 4.88 Å². The maximum absolute atomic E-state index is 11.8. The van der Waals surface area contributed by atoms with Crippen LogP contribution >= 0.6 is 11.3 Å². The number of anilines is 1. The molecule has 0 unspecified atom stereocenters. The van der Waals surface area contributed by atoms with E-state index in [4.69, 9.17) is 0 Å². The molecular formula is C12H14N4OS. The fraction of sp³-hybridized carbons (Fsp3) is 0.250. The standard InChI is InChI=1S/C12H14N4OS/c1-2-14-12-16-8-10(18-12)11(17)15-7-9-4-3-5-13-6-9/h3-6,8H,2,7H2,1H3,(H,14,16)(H,15,17). The number of rotatable bonds is 5. The highest BCUT2D eigenvalue weighted by Gasteiger charge is 2.09. The van der Waals surface area contributed by atoms with E-state index in [9.17, 15) is 4.79 Å². The van der Waals surface area contributed by atoms with E-state index in [0.717, 1.165) is 17.2 Å². The van der Waals surface area contributed by atoms with Gasteiger partial charge in [-0.1, -0.05) is 17.4 Å². The third kappa shape index (κ3) is 3.27. The average Bonchev–Trinajstić information content (AvgIpc) is 2.86. The number of carbonyl (C=O) groups is 1. The first-order valence-electron chi connectivity index (χ1n) is 5.66. The molecule has 0 aliphatic heterocycles. The quantitative estimate of drug-likeness (QED) is 0.863. The highest BCUT2D eigenvalue weighted by molar-refractivity contribution is 7.17. The molecule has 0 spiro atoms. The minimum absolute atomic E-state index is 0.111. The molecule has 2 rings (SSSR count). The molecule has 5 nitrogen and oxygen atoms in total. The van der Waals surface area contributed by atoms with Crippen molar-refractivity contribution in [2.75, 3.05) is 11.9 Å². The minimum atomic E-state index is -0.111. The Morgan fingerprint density at radius 3 is 3.06 bits per heavy atom. The molecule has 0 fully saturated rings. The Morgan fingerprint density at radius 2 is 2.33 bits per heavy atom. The summed E-state index contributed by atoms with van der Waals surface area (Å²) in [6.07, 6.45) is 5.02. The number of hydrogen-bond donors (Lipinski definition) is 2. The number of aromatic nitrogens is 2. The Hall–Kier alpha value is -1.95. The second-order valence-corrected chi connectivity index (χ2v) is 4.63. The Balaban J connectivity index is 1.91. The topological polar surface area (TPSA) is 66.9 Å². The van der Waals surface area contributed by atoms with Gasteiger partial charge in [0.05, 0.1) is 6.20 Å². The van der Waals surface area contributed by atoms with E-state index in [1.54, 1.807) is 18.6 Å². The molecule has 0 radical (unpaired) electrons. The molecule has 18 heavy (non-hydrogen) atoms. The first kappa shape index (κ1) is 12.5. The van der Waals surface area contributed by atoms with Gasteiger partial charge in [-0.15, -0.1) is 0 Å². The summed E-state index contributed by atoms with van der Waals surface area (Å²) < 4.78 is 0. The number of amides is 1. The van der Waals surface area contributed by atoms with E-state index in [2.05, 4.69) is 20.6 Å². The van der Waals surface area contributed by atoms with Crippen LogP contribution in [-0.4, -0.2) is 22.4 Å². The van der Waals surface area contributed by atoms with Crippen LogP contribution in [0.15, 0.2) is 30.7 Å². The summed E-state index contributed by atoms with van der Waals surface area (Å²) in [7, 11) is 0. The molecule has 0 aliphatic rings. The van der Waals surface area contributed by atoms with Crippen molar-refractivity contribution in [2.24, 2.45) is 0 Å². The molecule has 2 N–H and O–H groups in total. The van der Waals surface area contributed by atoms with Crippen LogP contribution < -0.4 is 10.6 Å². The van der Waals surface area contributed by atoms with Gasteiger partial charge in [-0.05, 0) is 18.6 Å². The van der Waals surface area contributed by atoms with Gasteiger partial charge in [0.25, 0.3) is 5.91 Å². The van der Waals surface area contributed by atoms with Crippen molar-refractivity contribution in [1.29, 1.82) is 0 Å². The molecule has 94 valence electrons. The molecule has 6 heteroatoms. The average molecular weight is 262 g/mol. The van der Waals surface area contributed by atoms with E-state index < -0.39 is 0 Å². The van der Waals surface area contributed by atoms with Crippen molar-refractivity contribution in [3.63, 3.8) is 0 Å². The molecule has 0 aromatic carbocycles. The molecule has 2 aromatic rings. The Morgan fingerprint density at radius 1 is 1.44 bits per heavy atom. The van der Waals surface area contributed by atoms with Gasteiger partial charge in [0, 0.05) is 25.5 Å². The molecular weight excluding hydrogens is 248 g/mol. The smallest absolute Gasteiger partial charge is 0.263 e. The zero-order chi connectivity index (χ0) is 12.8. The second-order valence-electron chi connectivity index (χ2n) is 3.60. The molecule has 0 bridgehead atoms. The van der Waals surface area contributed by atoms with Crippen molar-refractivity contribution in [2.45, 2.75) is 13.5 Å². The number of nitrogens with one attached hydrogen (secondary N) is 2. The van der Waals surface area contributed by atoms with Gasteiger partial charge >= 0.3 is 0 Å². The summed E-state index contributed by atoms with van der Waals surface area (Å²) in [4.78, 5) is 20.6. The van der Waals surface area contributed by atoms with Crippen LogP contribution in [0.25, 0.3) is 0 Å². The van der Waals surface area contributed by atoms with Gasteiger partial charge in [-0.3, -0.25) is 9.78 Å². The molecule has 2 heterocycles. The summed E-state index contributed by atoms with van der Waals surface area (Å²) in [5, 5.41) is 6.68. The molecule has 0 saturated carbocycles. The fourth-order valence-electron chi connectivity index (χ4n) is 1.38. The van der Waals surface area contributed by atoms with Gasteiger partial charge in [-0.2, -0.15) is 0 Å². The zero-order valence-corrected chi connectivity index (χ0v) is 10.8. The SMILES string of the molecule is CCNc1ncc(C(=O)NCc2cccnc2)s1. The van der Waals surface area contributed by atoms with Gasteiger partial charge < -0.3 is 10.6 Å². The van der Waals surface area contributed by atoms with Gasteiger partial charge in [0.15, 0.2) is 5.13 Å². The van der Waals surface area contributed by atoms with Gasteiger partial charge in [0.2, 0.25) is 0 Å². The lowest BCUT2D eigenvalue weighted by Gasteiger charge is -2.02. The highest BCUT2D eigenvalue weighted by atomic mass is 32.1. The highest BCUT2D eigenvalue weighted by Crippen LogP contribution is 2.17. The third-order valence-corrected chi connectivity index (χ3v) is 3.19. The van der Waals surface area contributed by atoms with Crippen molar-refractivity contribution in [3.8, 4) is 0 Å². The number of hydrogen-bond acceptors (Lipinski definition) is 5. The lowest BCUT2D eigenvalue weighted by molar-refractivity contribution is 0.0954. The first-order valence-corrected chi connectivity index (χ1v) is 6.48. The van der Waals surface area contributed by atoms with E-state index >= 15 is 0 Å². The Kier molecular flexibility index (Phi) is 4.25. The van der Waals surface area contributed by atoms with Crippen molar-refractivity contribution in [3.05, 3.63) is 41.2 Å². The summed E-state index contributed by atoms with van der Waals surface area (Å²) in [5.74, 6) is -0.111. The van der Waals surface area contributed by atoms with Crippen molar-refractivity contribution < 1.29 is 4.79 Å². The van der Waals surface area contributed by atoms with Crippen molar-refractivity contribution in [1.82, 2.24) is 15.3 Å². The summed E-state index contributed by atoms with van der Waals surface area (Å²) in [6, 6.07) is 3.77. The summed E-state index contributed by atoms with van der Waals surface area (Å²) in [5.41, 5.74) is 0.974. The predicted molar refractivity (Wildman–Crippen MR) is 71.7 cm³/mol. The van der Waals surface area contributed by atoms with Crippen LogP contribution in [0.1, 0.15) is 22.2 Å². The number of pyridine rings is 1. The maximum atomic E-state index is 11.8.